The van der Waals surface area contributed by atoms with E-state index in [1.807, 2.05) is 31.3 Å². The van der Waals surface area contributed by atoms with Gasteiger partial charge in [0.15, 0.2) is 0 Å². The zero-order valence-corrected chi connectivity index (χ0v) is 8.36. The molecule has 1 aromatic carbocycles. The van der Waals surface area contributed by atoms with Gasteiger partial charge in [0.1, 0.15) is 0 Å². The summed E-state index contributed by atoms with van der Waals surface area (Å²) in [6.07, 6.45) is 0.864. The fourth-order valence-electron chi connectivity index (χ4n) is 0.918. The van der Waals surface area contributed by atoms with Crippen molar-refractivity contribution >= 4 is 11.6 Å². The first kappa shape index (κ1) is 10.1. The second-order valence-electron chi connectivity index (χ2n) is 2.67. The average molecular weight is 194 g/mol. The molecule has 1 nitrogen and oxygen atoms in total. The van der Waals surface area contributed by atoms with E-state index in [2.05, 4.69) is 17.2 Å². The molecule has 1 N–H and O–H groups in total. The van der Waals surface area contributed by atoms with Crippen molar-refractivity contribution in [3.8, 4) is 11.8 Å². The predicted molar refractivity (Wildman–Crippen MR) is 56.9 cm³/mol. The summed E-state index contributed by atoms with van der Waals surface area (Å²) in [7, 11) is 1.92. The Labute approximate surface area is 84.1 Å². The van der Waals surface area contributed by atoms with Crippen LogP contribution in [-0.2, 0) is 0 Å². The van der Waals surface area contributed by atoms with Crippen LogP contribution in [-0.4, -0.2) is 13.6 Å². The van der Waals surface area contributed by atoms with E-state index in [4.69, 9.17) is 11.6 Å². The highest BCUT2D eigenvalue weighted by Gasteiger charge is 1.87. The number of halogens is 1. The molecule has 0 aromatic heterocycles. The van der Waals surface area contributed by atoms with Crippen LogP contribution in [0.25, 0.3) is 0 Å². The molecule has 0 aliphatic carbocycles. The Bertz CT molecular complexity index is 322. The Morgan fingerprint density at radius 1 is 1.46 bits per heavy atom. The molecule has 68 valence electrons. The molecule has 1 aromatic rings. The molecule has 0 fully saturated rings. The van der Waals surface area contributed by atoms with Gasteiger partial charge < -0.3 is 5.32 Å². The van der Waals surface area contributed by atoms with Gasteiger partial charge in [0, 0.05) is 23.6 Å². The van der Waals surface area contributed by atoms with Gasteiger partial charge >= 0.3 is 0 Å². The van der Waals surface area contributed by atoms with E-state index in [1.165, 1.54) is 0 Å². The minimum absolute atomic E-state index is 0.736. The maximum Gasteiger partial charge on any atom is 0.0418 e. The third-order valence-corrected chi connectivity index (χ3v) is 1.79. The SMILES string of the molecule is CNCCC#Cc1cccc(Cl)c1. The van der Waals surface area contributed by atoms with Gasteiger partial charge in [-0.3, -0.25) is 0 Å². The van der Waals surface area contributed by atoms with Crippen LogP contribution in [0.15, 0.2) is 24.3 Å². The van der Waals surface area contributed by atoms with Gasteiger partial charge in [-0.1, -0.05) is 29.5 Å². The second-order valence-corrected chi connectivity index (χ2v) is 3.10. The Kier molecular flexibility index (Phi) is 4.39. The average Bonchev–Trinajstić information content (AvgIpc) is 2.13. The summed E-state index contributed by atoms with van der Waals surface area (Å²) in [4.78, 5) is 0. The normalized spacial score (nSPS) is 9.08. The molecule has 0 radical (unpaired) electrons. The standard InChI is InChI=1S/C11H12ClN/c1-13-8-3-2-5-10-6-4-7-11(12)9-10/h4,6-7,9,13H,3,8H2,1H3. The lowest BCUT2D eigenvalue weighted by Crippen LogP contribution is -2.05. The van der Waals surface area contributed by atoms with Crippen molar-refractivity contribution in [2.45, 2.75) is 6.42 Å². The highest BCUT2D eigenvalue weighted by molar-refractivity contribution is 6.30. The number of benzene rings is 1. The molecule has 0 spiro atoms. The van der Waals surface area contributed by atoms with Crippen LogP contribution in [0.4, 0.5) is 0 Å². The lowest BCUT2D eigenvalue weighted by Gasteiger charge is -1.91. The van der Waals surface area contributed by atoms with Crippen LogP contribution < -0.4 is 5.32 Å². The van der Waals surface area contributed by atoms with Crippen LogP contribution >= 0.6 is 11.6 Å². The van der Waals surface area contributed by atoms with E-state index in [0.717, 1.165) is 23.6 Å². The monoisotopic (exact) mass is 193 g/mol. The fourth-order valence-corrected chi connectivity index (χ4v) is 1.11. The Balaban J connectivity index is 2.56. The molecule has 0 saturated carbocycles. The van der Waals surface area contributed by atoms with Crippen molar-refractivity contribution in [1.29, 1.82) is 0 Å². The van der Waals surface area contributed by atoms with E-state index in [-0.39, 0.29) is 0 Å². The molecule has 0 atom stereocenters. The molecule has 0 heterocycles. The second kappa shape index (κ2) is 5.64. The molecule has 0 aliphatic heterocycles. The summed E-state index contributed by atoms with van der Waals surface area (Å²) in [6.45, 7) is 0.924. The van der Waals surface area contributed by atoms with Crippen molar-refractivity contribution in [3.05, 3.63) is 34.9 Å². The fraction of sp³-hybridized carbons (Fsp3) is 0.273. The van der Waals surface area contributed by atoms with Gasteiger partial charge in [-0.25, -0.2) is 0 Å². The number of rotatable bonds is 2. The first-order valence-corrected chi connectivity index (χ1v) is 4.60. The minimum atomic E-state index is 0.736. The van der Waals surface area contributed by atoms with Crippen molar-refractivity contribution in [2.24, 2.45) is 0 Å². The third-order valence-electron chi connectivity index (χ3n) is 1.56. The van der Waals surface area contributed by atoms with Gasteiger partial charge in [0.05, 0.1) is 0 Å². The van der Waals surface area contributed by atoms with Crippen molar-refractivity contribution in [2.75, 3.05) is 13.6 Å². The Hall–Kier alpha value is -0.970. The molecule has 0 unspecified atom stereocenters. The summed E-state index contributed by atoms with van der Waals surface area (Å²) < 4.78 is 0. The van der Waals surface area contributed by atoms with Crippen molar-refractivity contribution in [3.63, 3.8) is 0 Å². The van der Waals surface area contributed by atoms with Crippen LogP contribution in [0.3, 0.4) is 0 Å². The highest BCUT2D eigenvalue weighted by atomic mass is 35.5. The number of hydrogen-bond donors (Lipinski definition) is 1. The number of nitrogens with one attached hydrogen (secondary N) is 1. The lowest BCUT2D eigenvalue weighted by atomic mass is 10.2. The Morgan fingerprint density at radius 2 is 2.31 bits per heavy atom. The van der Waals surface area contributed by atoms with Crippen LogP contribution in [0.5, 0.6) is 0 Å². The molecular weight excluding hydrogens is 182 g/mol. The summed E-state index contributed by atoms with van der Waals surface area (Å²) >= 11 is 5.80. The first-order chi connectivity index (χ1) is 6.33. The lowest BCUT2D eigenvalue weighted by molar-refractivity contribution is 0.818. The zero-order chi connectivity index (χ0) is 9.52. The third kappa shape index (κ3) is 3.98. The Morgan fingerprint density at radius 3 is 3.00 bits per heavy atom. The van der Waals surface area contributed by atoms with Crippen LogP contribution in [0.2, 0.25) is 5.02 Å². The summed E-state index contributed by atoms with van der Waals surface area (Å²) in [5.74, 6) is 6.10. The quantitative estimate of drug-likeness (QED) is 0.562. The molecule has 2 heteroatoms. The smallest absolute Gasteiger partial charge is 0.0418 e. The predicted octanol–water partition coefficient (Wildman–Crippen LogP) is 2.30. The van der Waals surface area contributed by atoms with Gasteiger partial charge in [-0.05, 0) is 25.2 Å². The van der Waals surface area contributed by atoms with E-state index >= 15 is 0 Å². The maximum atomic E-state index is 5.80. The molecule has 13 heavy (non-hydrogen) atoms. The van der Waals surface area contributed by atoms with E-state index in [9.17, 15) is 0 Å². The largest absolute Gasteiger partial charge is 0.319 e. The van der Waals surface area contributed by atoms with E-state index in [1.54, 1.807) is 0 Å². The molecule has 1 rings (SSSR count). The summed E-state index contributed by atoms with van der Waals surface area (Å²) in [5, 5.41) is 3.77. The highest BCUT2D eigenvalue weighted by Crippen LogP contribution is 2.09. The van der Waals surface area contributed by atoms with Gasteiger partial charge in [0.25, 0.3) is 0 Å². The maximum absolute atomic E-state index is 5.80. The van der Waals surface area contributed by atoms with Crippen LogP contribution in [0, 0.1) is 11.8 Å². The van der Waals surface area contributed by atoms with Gasteiger partial charge in [0.2, 0.25) is 0 Å². The minimum Gasteiger partial charge on any atom is -0.319 e. The van der Waals surface area contributed by atoms with E-state index < -0.39 is 0 Å². The summed E-state index contributed by atoms with van der Waals surface area (Å²) in [6, 6.07) is 7.58. The zero-order valence-electron chi connectivity index (χ0n) is 7.60. The molecule has 0 bridgehead atoms. The van der Waals surface area contributed by atoms with Crippen LogP contribution in [0.1, 0.15) is 12.0 Å². The van der Waals surface area contributed by atoms with Gasteiger partial charge in [-0.15, -0.1) is 0 Å². The van der Waals surface area contributed by atoms with Crippen molar-refractivity contribution < 1.29 is 0 Å². The molecule has 0 saturated heterocycles. The topological polar surface area (TPSA) is 12.0 Å². The van der Waals surface area contributed by atoms with E-state index in [0.29, 0.717) is 0 Å². The summed E-state index contributed by atoms with van der Waals surface area (Å²) in [5.41, 5.74) is 0.976. The first-order valence-electron chi connectivity index (χ1n) is 4.22. The number of hydrogen-bond acceptors (Lipinski definition) is 1. The molecular formula is C11H12ClN. The molecule has 0 amide bonds. The van der Waals surface area contributed by atoms with Crippen molar-refractivity contribution in [1.82, 2.24) is 5.32 Å². The molecule has 0 aliphatic rings. The van der Waals surface area contributed by atoms with Gasteiger partial charge in [-0.2, -0.15) is 0 Å².